The number of unbranched alkanes of at least 4 members (excludes halogenated alkanes) is 1. The highest BCUT2D eigenvalue weighted by Crippen LogP contribution is 2.24. The fourth-order valence-corrected chi connectivity index (χ4v) is 2.29. The predicted octanol–water partition coefficient (Wildman–Crippen LogP) is 5.18. The average Bonchev–Trinajstić information content (AvgIpc) is 2.46. The van der Waals surface area contributed by atoms with Crippen molar-refractivity contribution in [2.45, 2.75) is 39.0 Å². The molecule has 0 aliphatic rings. The van der Waals surface area contributed by atoms with Crippen LogP contribution in [0.2, 0.25) is 0 Å². The average molecular weight is 238 g/mol. The first-order valence-electron chi connectivity index (χ1n) is 6.95. The summed E-state index contributed by atoms with van der Waals surface area (Å²) in [7, 11) is 0. The van der Waals surface area contributed by atoms with E-state index in [0.29, 0.717) is 5.92 Å². The molecule has 1 unspecified atom stereocenters. The van der Waals surface area contributed by atoms with Crippen LogP contribution in [0.5, 0.6) is 0 Å². The monoisotopic (exact) mass is 238 g/mol. The lowest BCUT2D eigenvalue weighted by atomic mass is 9.92. The van der Waals surface area contributed by atoms with Gasteiger partial charge in [0.1, 0.15) is 0 Å². The Morgan fingerprint density at radius 3 is 2.06 bits per heavy atom. The molecular weight excluding hydrogens is 216 g/mol. The highest BCUT2D eigenvalue weighted by molar-refractivity contribution is 5.33. The van der Waals surface area contributed by atoms with Crippen LogP contribution in [0.4, 0.5) is 0 Å². The summed E-state index contributed by atoms with van der Waals surface area (Å²) in [6.45, 7) is 4.52. The van der Waals surface area contributed by atoms with Gasteiger partial charge in [0.15, 0.2) is 0 Å². The molecule has 0 aliphatic carbocycles. The zero-order valence-corrected chi connectivity index (χ0v) is 11.4. The third kappa shape index (κ3) is 3.22. The van der Waals surface area contributed by atoms with E-state index in [2.05, 4.69) is 68.4 Å². The molecule has 0 bridgehead atoms. The van der Waals surface area contributed by atoms with Gasteiger partial charge in [0.25, 0.3) is 0 Å². The summed E-state index contributed by atoms with van der Waals surface area (Å²) in [5.41, 5.74) is 4.25. The summed E-state index contributed by atoms with van der Waals surface area (Å²) in [4.78, 5) is 0. The highest BCUT2D eigenvalue weighted by Gasteiger charge is 2.07. The minimum Gasteiger partial charge on any atom is -0.0654 e. The van der Waals surface area contributed by atoms with E-state index in [1.165, 1.54) is 36.0 Å². The topological polar surface area (TPSA) is 0 Å². The second-order valence-electron chi connectivity index (χ2n) is 4.98. The molecule has 0 heterocycles. The lowest BCUT2D eigenvalue weighted by molar-refractivity contribution is 0.794. The molecule has 0 fully saturated rings. The Morgan fingerprint density at radius 2 is 1.44 bits per heavy atom. The molecule has 18 heavy (non-hydrogen) atoms. The third-order valence-corrected chi connectivity index (χ3v) is 3.60. The Bertz CT molecular complexity index is 453. The van der Waals surface area contributed by atoms with E-state index in [-0.39, 0.29) is 0 Å². The minimum absolute atomic E-state index is 0.478. The van der Waals surface area contributed by atoms with Crippen LogP contribution < -0.4 is 0 Å². The summed E-state index contributed by atoms with van der Waals surface area (Å²) in [6.07, 6.45) is 3.76. The van der Waals surface area contributed by atoms with Gasteiger partial charge in [-0.25, -0.2) is 0 Å². The van der Waals surface area contributed by atoms with Crippen molar-refractivity contribution in [3.05, 3.63) is 71.3 Å². The van der Waals surface area contributed by atoms with Gasteiger partial charge in [0.05, 0.1) is 0 Å². The van der Waals surface area contributed by atoms with Crippen molar-refractivity contribution in [2.24, 2.45) is 0 Å². The molecule has 0 nitrogen and oxygen atoms in total. The fraction of sp³-hybridized carbons (Fsp3) is 0.333. The maximum absolute atomic E-state index is 2.28. The maximum Gasteiger partial charge on any atom is 0.00610 e. The maximum atomic E-state index is 2.28. The first kappa shape index (κ1) is 12.9. The van der Waals surface area contributed by atoms with E-state index in [0.717, 1.165) is 0 Å². The Kier molecular flexibility index (Phi) is 4.58. The Labute approximate surface area is 111 Å². The van der Waals surface area contributed by atoms with Gasteiger partial charge < -0.3 is 0 Å². The Morgan fingerprint density at radius 1 is 0.833 bits per heavy atom. The van der Waals surface area contributed by atoms with E-state index in [1.54, 1.807) is 0 Å². The van der Waals surface area contributed by atoms with E-state index in [4.69, 9.17) is 0 Å². The van der Waals surface area contributed by atoms with Crippen molar-refractivity contribution in [2.75, 3.05) is 0 Å². The third-order valence-electron chi connectivity index (χ3n) is 3.60. The molecule has 0 amide bonds. The van der Waals surface area contributed by atoms with Gasteiger partial charge in [-0.2, -0.15) is 0 Å². The predicted molar refractivity (Wildman–Crippen MR) is 79.0 cm³/mol. The van der Waals surface area contributed by atoms with E-state index in [1.807, 2.05) is 0 Å². The van der Waals surface area contributed by atoms with Crippen molar-refractivity contribution in [3.8, 4) is 0 Å². The molecule has 0 N–H and O–H groups in total. The molecule has 2 aromatic rings. The minimum atomic E-state index is 0.478. The number of aryl methyl sites for hydroxylation is 1. The van der Waals surface area contributed by atoms with Gasteiger partial charge in [0, 0.05) is 5.92 Å². The van der Waals surface area contributed by atoms with Crippen molar-refractivity contribution in [3.63, 3.8) is 0 Å². The van der Waals surface area contributed by atoms with E-state index >= 15 is 0 Å². The molecule has 0 saturated carbocycles. The molecule has 0 saturated heterocycles. The quantitative estimate of drug-likeness (QED) is 0.673. The van der Waals surface area contributed by atoms with Crippen LogP contribution in [-0.2, 0) is 6.42 Å². The van der Waals surface area contributed by atoms with E-state index < -0.39 is 0 Å². The largest absolute Gasteiger partial charge is 0.0654 e. The summed E-state index contributed by atoms with van der Waals surface area (Å²) < 4.78 is 0. The molecule has 2 rings (SSSR count). The van der Waals surface area contributed by atoms with Gasteiger partial charge >= 0.3 is 0 Å². The number of rotatable bonds is 5. The van der Waals surface area contributed by atoms with E-state index in [9.17, 15) is 0 Å². The molecule has 0 radical (unpaired) electrons. The number of hydrogen-bond donors (Lipinski definition) is 0. The van der Waals surface area contributed by atoms with Crippen LogP contribution in [0, 0.1) is 0 Å². The molecular formula is C18H22. The van der Waals surface area contributed by atoms with Gasteiger partial charge in [-0.15, -0.1) is 0 Å². The van der Waals surface area contributed by atoms with Crippen molar-refractivity contribution < 1.29 is 0 Å². The van der Waals surface area contributed by atoms with Gasteiger partial charge in [0.2, 0.25) is 0 Å². The second-order valence-corrected chi connectivity index (χ2v) is 4.98. The molecule has 1 atom stereocenters. The highest BCUT2D eigenvalue weighted by atomic mass is 14.1. The smallest absolute Gasteiger partial charge is 0.00610 e. The van der Waals surface area contributed by atoms with Crippen LogP contribution in [0.25, 0.3) is 0 Å². The standard InChI is InChI=1S/C18H22/c1-3-4-8-16-11-13-18(14-12-16)15(2)17-9-6-5-7-10-17/h5-7,9-15H,3-4,8H2,1-2H3. The summed E-state index contributed by atoms with van der Waals surface area (Å²) in [6, 6.07) is 19.8. The Hall–Kier alpha value is -1.56. The first-order valence-corrected chi connectivity index (χ1v) is 6.95. The first-order chi connectivity index (χ1) is 8.81. The van der Waals surface area contributed by atoms with Crippen LogP contribution in [0.1, 0.15) is 49.3 Å². The van der Waals surface area contributed by atoms with Crippen LogP contribution >= 0.6 is 0 Å². The zero-order valence-electron chi connectivity index (χ0n) is 11.4. The SMILES string of the molecule is CCCCc1ccc(C(C)c2ccccc2)cc1. The van der Waals surface area contributed by atoms with Gasteiger partial charge in [-0.05, 0) is 29.5 Å². The van der Waals surface area contributed by atoms with Crippen molar-refractivity contribution in [1.82, 2.24) is 0 Å². The van der Waals surface area contributed by atoms with Crippen LogP contribution in [0.15, 0.2) is 54.6 Å². The summed E-state index contributed by atoms with van der Waals surface area (Å²) in [5, 5.41) is 0. The number of hydrogen-bond acceptors (Lipinski definition) is 0. The number of benzene rings is 2. The Balaban J connectivity index is 2.09. The molecule has 0 heteroatoms. The van der Waals surface area contributed by atoms with Gasteiger partial charge in [-0.1, -0.05) is 74.9 Å². The lowest BCUT2D eigenvalue weighted by Gasteiger charge is -2.13. The van der Waals surface area contributed by atoms with Gasteiger partial charge in [-0.3, -0.25) is 0 Å². The molecule has 0 aliphatic heterocycles. The fourth-order valence-electron chi connectivity index (χ4n) is 2.29. The zero-order chi connectivity index (χ0) is 12.8. The molecule has 0 aromatic heterocycles. The summed E-state index contributed by atoms with van der Waals surface area (Å²) >= 11 is 0. The van der Waals surface area contributed by atoms with Crippen LogP contribution in [-0.4, -0.2) is 0 Å². The lowest BCUT2D eigenvalue weighted by Crippen LogP contribution is -1.96. The van der Waals surface area contributed by atoms with Crippen molar-refractivity contribution >= 4 is 0 Å². The molecule has 94 valence electrons. The molecule has 0 spiro atoms. The van der Waals surface area contributed by atoms with Crippen molar-refractivity contribution in [1.29, 1.82) is 0 Å². The molecule has 2 aromatic carbocycles. The summed E-state index contributed by atoms with van der Waals surface area (Å²) in [5.74, 6) is 0.478. The van der Waals surface area contributed by atoms with Crippen LogP contribution in [0.3, 0.4) is 0 Å². The second kappa shape index (κ2) is 6.39. The normalized spacial score (nSPS) is 12.3.